The number of aliphatic carboxylic acids is 1. The Hall–Kier alpha value is -1.58. The number of H-pyrrole nitrogens is 1. The molecule has 0 aliphatic rings. The first-order valence-electron chi connectivity index (χ1n) is 7.69. The minimum Gasteiger partial charge on any atom is -0.481 e. The van der Waals surface area contributed by atoms with E-state index >= 15 is 0 Å². The Morgan fingerprint density at radius 1 is 1.08 bits per heavy atom. The molecule has 25 heavy (non-hydrogen) atoms. The molecule has 1 aromatic heterocycles. The van der Waals surface area contributed by atoms with E-state index in [2.05, 4.69) is 35.8 Å². The van der Waals surface area contributed by atoms with Crippen molar-refractivity contribution in [3.63, 3.8) is 0 Å². The van der Waals surface area contributed by atoms with Gasteiger partial charge in [0.25, 0.3) is 0 Å². The van der Waals surface area contributed by atoms with Crippen molar-refractivity contribution in [2.45, 2.75) is 18.6 Å². The molecule has 0 spiro atoms. The van der Waals surface area contributed by atoms with Crippen LogP contribution in [0.25, 0.3) is 10.9 Å². The smallest absolute Gasteiger partial charge is 0.304 e. The van der Waals surface area contributed by atoms with Crippen LogP contribution in [0.3, 0.4) is 0 Å². The summed E-state index contributed by atoms with van der Waals surface area (Å²) in [6.45, 7) is 0.122. The van der Waals surface area contributed by atoms with Crippen molar-refractivity contribution in [2.24, 2.45) is 5.41 Å². The van der Waals surface area contributed by atoms with Crippen LogP contribution in [0.5, 0.6) is 0 Å². The average molecular weight is 373 g/mol. The highest BCUT2D eigenvalue weighted by atomic mass is 32.1. The number of nitrogens with one attached hydrogen (secondary N) is 1. The van der Waals surface area contributed by atoms with Crippen molar-refractivity contribution >= 4 is 29.5 Å². The number of thiol groups is 1. The molecule has 0 saturated carbocycles. The third-order valence-electron chi connectivity index (χ3n) is 3.27. The molecule has 0 bridgehead atoms. The number of carboxylic acids is 1. The van der Waals surface area contributed by atoms with Crippen molar-refractivity contribution in [3.8, 4) is 0 Å². The van der Waals surface area contributed by atoms with Gasteiger partial charge >= 0.3 is 5.97 Å². The fraction of sp³-hybridized carbons (Fsp3) is 0.471. The second-order valence-corrected chi connectivity index (χ2v) is 6.53. The number of aliphatic hydroxyl groups is 4. The van der Waals surface area contributed by atoms with Gasteiger partial charge < -0.3 is 30.5 Å². The van der Waals surface area contributed by atoms with E-state index in [9.17, 15) is 4.79 Å². The van der Waals surface area contributed by atoms with Gasteiger partial charge in [0.15, 0.2) is 0 Å². The summed E-state index contributed by atoms with van der Waals surface area (Å²) in [6.07, 6.45) is 2.09. The second-order valence-electron chi connectivity index (χ2n) is 5.64. The minimum absolute atomic E-state index is 0.0301. The number of rotatable bonds is 6. The molecule has 1 aromatic carbocycles. The maximum atomic E-state index is 9.76. The molecule has 0 saturated heterocycles. The monoisotopic (exact) mass is 373 g/mol. The summed E-state index contributed by atoms with van der Waals surface area (Å²) >= 11 is 3.86. The number of para-hydroxylation sites is 1. The van der Waals surface area contributed by atoms with Crippen molar-refractivity contribution < 1.29 is 30.3 Å². The van der Waals surface area contributed by atoms with Crippen LogP contribution in [0.15, 0.2) is 36.5 Å². The van der Waals surface area contributed by atoms with Crippen LogP contribution < -0.4 is 0 Å². The maximum Gasteiger partial charge on any atom is 0.304 e. The SMILES string of the molecule is CC(S)CC(=O)O.OCC(CO)(CO)CO.c1ccc2[nH]ccc2c1. The minimum atomic E-state index is -1.11. The molecule has 0 radical (unpaired) electrons. The molecule has 0 aliphatic heterocycles. The predicted molar refractivity (Wildman–Crippen MR) is 99.8 cm³/mol. The van der Waals surface area contributed by atoms with Crippen molar-refractivity contribution in [3.05, 3.63) is 36.5 Å². The summed E-state index contributed by atoms with van der Waals surface area (Å²) in [6, 6.07) is 10.3. The maximum absolute atomic E-state index is 9.76. The van der Waals surface area contributed by atoms with Crippen LogP contribution >= 0.6 is 12.6 Å². The number of carbonyl (C=O) groups is 1. The average Bonchev–Trinajstić information content (AvgIpc) is 3.06. The standard InChI is InChI=1S/C8H7N.C5H12O4.C4H8O2S/c1-2-4-8-7(3-1)5-6-9-8;6-1-5(2-7,3-8)4-9;1-3(7)2-4(5)6/h1-6,9H;6-9H,1-4H2;3,7H,2H2,1H3,(H,5,6). The zero-order valence-electron chi connectivity index (χ0n) is 14.2. The van der Waals surface area contributed by atoms with Crippen LogP contribution in [-0.2, 0) is 4.79 Å². The Balaban J connectivity index is 0.000000350. The summed E-state index contributed by atoms with van der Waals surface area (Å²) in [4.78, 5) is 12.9. The van der Waals surface area contributed by atoms with Crippen LogP contribution in [0, 0.1) is 5.41 Å². The van der Waals surface area contributed by atoms with E-state index in [1.165, 1.54) is 10.9 Å². The molecule has 0 aliphatic carbocycles. The van der Waals surface area contributed by atoms with Gasteiger partial charge in [-0.2, -0.15) is 12.6 Å². The van der Waals surface area contributed by atoms with E-state index < -0.39 is 37.8 Å². The number of hydrogen-bond acceptors (Lipinski definition) is 6. The molecule has 2 aromatic rings. The summed E-state index contributed by atoms with van der Waals surface area (Å²) in [5.74, 6) is -0.789. The third kappa shape index (κ3) is 9.47. The summed E-state index contributed by atoms with van der Waals surface area (Å²) in [5.41, 5.74) is 0.0949. The lowest BCUT2D eigenvalue weighted by Gasteiger charge is -2.23. The molecule has 0 fully saturated rings. The van der Waals surface area contributed by atoms with Gasteiger partial charge in [0, 0.05) is 17.0 Å². The van der Waals surface area contributed by atoms with Gasteiger partial charge in [-0.05, 0) is 17.5 Å². The molecule has 2 rings (SSSR count). The third-order valence-corrected chi connectivity index (χ3v) is 3.46. The van der Waals surface area contributed by atoms with Gasteiger partial charge in [-0.3, -0.25) is 4.79 Å². The van der Waals surface area contributed by atoms with E-state index in [1.54, 1.807) is 6.92 Å². The quantitative estimate of drug-likeness (QED) is 0.376. The predicted octanol–water partition coefficient (Wildman–Crippen LogP) is 0.889. The lowest BCUT2D eigenvalue weighted by Crippen LogP contribution is -2.37. The Bertz CT molecular complexity index is 550. The fourth-order valence-electron chi connectivity index (χ4n) is 1.55. The summed E-state index contributed by atoms with van der Waals surface area (Å²) < 4.78 is 0. The van der Waals surface area contributed by atoms with Crippen LogP contribution in [0.4, 0.5) is 0 Å². The number of fused-ring (bicyclic) bond motifs is 1. The number of aromatic amines is 1. The molecule has 1 heterocycles. The van der Waals surface area contributed by atoms with E-state index in [1.807, 2.05) is 18.3 Å². The Labute approximate surface area is 152 Å². The highest BCUT2D eigenvalue weighted by Crippen LogP contribution is 2.12. The Morgan fingerprint density at radius 3 is 1.92 bits per heavy atom. The lowest BCUT2D eigenvalue weighted by molar-refractivity contribution is -0.136. The van der Waals surface area contributed by atoms with Gasteiger partial charge in [-0.1, -0.05) is 25.1 Å². The van der Waals surface area contributed by atoms with Gasteiger partial charge in [0.1, 0.15) is 0 Å². The van der Waals surface area contributed by atoms with E-state index in [0.717, 1.165) is 0 Å². The highest BCUT2D eigenvalue weighted by molar-refractivity contribution is 7.80. The number of aliphatic hydroxyl groups excluding tert-OH is 4. The molecule has 0 amide bonds. The van der Waals surface area contributed by atoms with Crippen LogP contribution in [0.1, 0.15) is 13.3 Å². The number of carboxylic acid groups (broad SMARTS) is 1. The number of aromatic nitrogens is 1. The normalized spacial score (nSPS) is 11.8. The first-order chi connectivity index (χ1) is 11.8. The van der Waals surface area contributed by atoms with Crippen molar-refractivity contribution in [1.29, 1.82) is 0 Å². The second kappa shape index (κ2) is 12.7. The van der Waals surface area contributed by atoms with Crippen molar-refractivity contribution in [2.75, 3.05) is 26.4 Å². The van der Waals surface area contributed by atoms with E-state index in [4.69, 9.17) is 25.5 Å². The van der Waals surface area contributed by atoms with Crippen LogP contribution in [0.2, 0.25) is 0 Å². The van der Waals surface area contributed by atoms with Crippen molar-refractivity contribution in [1.82, 2.24) is 4.98 Å². The van der Waals surface area contributed by atoms with Gasteiger partial charge in [0.2, 0.25) is 0 Å². The van der Waals surface area contributed by atoms with E-state index in [-0.39, 0.29) is 11.7 Å². The highest BCUT2D eigenvalue weighted by Gasteiger charge is 2.26. The zero-order chi connectivity index (χ0) is 19.3. The molecule has 8 heteroatoms. The van der Waals surface area contributed by atoms with Gasteiger partial charge in [0.05, 0.1) is 38.3 Å². The fourth-order valence-corrected chi connectivity index (χ4v) is 1.70. The summed E-state index contributed by atoms with van der Waals surface area (Å²) in [7, 11) is 0. The molecular weight excluding hydrogens is 346 g/mol. The lowest BCUT2D eigenvalue weighted by atomic mass is 9.93. The first kappa shape index (κ1) is 23.4. The number of hydrogen-bond donors (Lipinski definition) is 7. The zero-order valence-corrected chi connectivity index (χ0v) is 15.1. The topological polar surface area (TPSA) is 134 Å². The van der Waals surface area contributed by atoms with Gasteiger partial charge in [-0.15, -0.1) is 0 Å². The molecule has 1 atom stereocenters. The Kier molecular flexibility index (Phi) is 11.9. The molecular formula is C17H27NO6S. The molecule has 6 N–H and O–H groups in total. The Morgan fingerprint density at radius 2 is 1.60 bits per heavy atom. The van der Waals surface area contributed by atoms with Gasteiger partial charge in [-0.25, -0.2) is 0 Å². The largest absolute Gasteiger partial charge is 0.481 e. The molecule has 1 unspecified atom stereocenters. The van der Waals surface area contributed by atoms with E-state index in [0.29, 0.717) is 0 Å². The van der Waals surface area contributed by atoms with Crippen LogP contribution in [-0.4, -0.2) is 68.2 Å². The molecule has 142 valence electrons. The molecule has 7 nitrogen and oxygen atoms in total. The first-order valence-corrected chi connectivity index (χ1v) is 8.21. The summed E-state index contributed by atoms with van der Waals surface area (Å²) in [5, 5.41) is 43.3. The number of benzene rings is 1.